The summed E-state index contributed by atoms with van der Waals surface area (Å²) in [6, 6.07) is 13.3. The summed E-state index contributed by atoms with van der Waals surface area (Å²) in [5.41, 5.74) is 0.612. The van der Waals surface area contributed by atoms with Crippen LogP contribution in [0.4, 0.5) is 0 Å². The fourth-order valence-electron chi connectivity index (χ4n) is 3.19. The number of ether oxygens (including phenoxy) is 2. The minimum absolute atomic E-state index is 0.148. The zero-order valence-corrected chi connectivity index (χ0v) is 11.9. The summed E-state index contributed by atoms with van der Waals surface area (Å²) in [6.45, 7) is 0.628. The lowest BCUT2D eigenvalue weighted by atomic mass is 10.1. The topological polar surface area (TPSA) is 67.8 Å². The van der Waals surface area contributed by atoms with Gasteiger partial charge in [0.05, 0.1) is 19.3 Å². The molecule has 0 aromatic heterocycles. The maximum atomic E-state index is 12.4. The summed E-state index contributed by atoms with van der Waals surface area (Å²) in [5.74, 6) is -0.148. The molecule has 4 atom stereocenters. The van der Waals surface area contributed by atoms with E-state index in [4.69, 9.17) is 9.47 Å². The molecule has 2 aliphatic rings. The standard InChI is InChI=1S/C17H17NO4/c19-14-9-22-15-13(8-21-16(14)15)18-17(20)12-6-5-10-3-1-2-4-11(10)7-12/h1-7,13-16,19H,8-9H2,(H,18,20)/t13-,14-,15-,16-/m1/s1. The number of nitrogens with one attached hydrogen (secondary N) is 1. The molecular formula is C17H17NO4. The van der Waals surface area contributed by atoms with Crippen molar-refractivity contribution in [2.75, 3.05) is 13.2 Å². The molecule has 0 aliphatic carbocycles. The van der Waals surface area contributed by atoms with Gasteiger partial charge >= 0.3 is 0 Å². The van der Waals surface area contributed by atoms with Crippen molar-refractivity contribution in [3.8, 4) is 0 Å². The number of benzene rings is 2. The molecule has 0 saturated carbocycles. The molecule has 2 aliphatic heterocycles. The first kappa shape index (κ1) is 13.7. The van der Waals surface area contributed by atoms with E-state index >= 15 is 0 Å². The van der Waals surface area contributed by atoms with Gasteiger partial charge in [0, 0.05) is 5.56 Å². The Morgan fingerprint density at radius 1 is 1.05 bits per heavy atom. The predicted octanol–water partition coefficient (Wildman–Crippen LogP) is 1.10. The molecule has 2 saturated heterocycles. The maximum Gasteiger partial charge on any atom is 0.251 e. The van der Waals surface area contributed by atoms with E-state index in [-0.39, 0.29) is 30.8 Å². The highest BCUT2D eigenvalue weighted by atomic mass is 16.6. The molecule has 1 amide bonds. The Morgan fingerprint density at radius 3 is 2.68 bits per heavy atom. The van der Waals surface area contributed by atoms with E-state index in [2.05, 4.69) is 5.32 Å². The van der Waals surface area contributed by atoms with Crippen molar-refractivity contribution in [2.45, 2.75) is 24.4 Å². The van der Waals surface area contributed by atoms with E-state index in [9.17, 15) is 9.90 Å². The Bertz CT molecular complexity index is 717. The molecule has 22 heavy (non-hydrogen) atoms. The van der Waals surface area contributed by atoms with Crippen molar-refractivity contribution in [2.24, 2.45) is 0 Å². The molecule has 0 unspecified atom stereocenters. The lowest BCUT2D eigenvalue weighted by Crippen LogP contribution is -2.44. The van der Waals surface area contributed by atoms with Gasteiger partial charge in [0.25, 0.3) is 5.91 Å². The molecule has 0 radical (unpaired) electrons. The van der Waals surface area contributed by atoms with Crippen LogP contribution in [0.3, 0.4) is 0 Å². The summed E-state index contributed by atoms with van der Waals surface area (Å²) in [5, 5.41) is 14.8. The van der Waals surface area contributed by atoms with E-state index in [0.717, 1.165) is 10.8 Å². The highest BCUT2D eigenvalue weighted by Gasteiger charge is 2.47. The molecule has 0 spiro atoms. The molecule has 2 heterocycles. The maximum absolute atomic E-state index is 12.4. The van der Waals surface area contributed by atoms with E-state index in [0.29, 0.717) is 12.2 Å². The molecule has 2 aromatic rings. The molecular weight excluding hydrogens is 282 g/mol. The average Bonchev–Trinajstić information content (AvgIpc) is 3.11. The minimum atomic E-state index is -0.604. The zero-order chi connectivity index (χ0) is 15.1. The van der Waals surface area contributed by atoms with Crippen LogP contribution in [0.25, 0.3) is 10.8 Å². The van der Waals surface area contributed by atoms with Gasteiger partial charge in [-0.15, -0.1) is 0 Å². The van der Waals surface area contributed by atoms with Crippen molar-refractivity contribution in [3.05, 3.63) is 48.0 Å². The van der Waals surface area contributed by atoms with Crippen LogP contribution in [0.15, 0.2) is 42.5 Å². The molecule has 114 valence electrons. The van der Waals surface area contributed by atoms with Crippen LogP contribution in [-0.2, 0) is 9.47 Å². The van der Waals surface area contributed by atoms with Gasteiger partial charge in [-0.2, -0.15) is 0 Å². The Labute approximate surface area is 127 Å². The highest BCUT2D eigenvalue weighted by Crippen LogP contribution is 2.27. The normalized spacial score (nSPS) is 30.4. The third-order valence-electron chi connectivity index (χ3n) is 4.36. The number of aliphatic hydroxyl groups excluding tert-OH is 1. The van der Waals surface area contributed by atoms with Crippen LogP contribution < -0.4 is 5.32 Å². The monoisotopic (exact) mass is 299 g/mol. The van der Waals surface area contributed by atoms with Gasteiger partial charge in [-0.05, 0) is 22.9 Å². The number of hydrogen-bond donors (Lipinski definition) is 2. The van der Waals surface area contributed by atoms with Gasteiger partial charge in [-0.1, -0.05) is 30.3 Å². The van der Waals surface area contributed by atoms with E-state index in [1.54, 1.807) is 0 Å². The largest absolute Gasteiger partial charge is 0.388 e. The van der Waals surface area contributed by atoms with E-state index in [1.807, 2.05) is 42.5 Å². The second-order valence-electron chi connectivity index (χ2n) is 5.81. The van der Waals surface area contributed by atoms with Crippen molar-refractivity contribution in [1.82, 2.24) is 5.32 Å². The van der Waals surface area contributed by atoms with Crippen molar-refractivity contribution < 1.29 is 19.4 Å². The lowest BCUT2D eigenvalue weighted by molar-refractivity contribution is 0.0178. The molecule has 2 fully saturated rings. The number of rotatable bonds is 2. The molecule has 0 bridgehead atoms. The van der Waals surface area contributed by atoms with E-state index < -0.39 is 6.10 Å². The van der Waals surface area contributed by atoms with Gasteiger partial charge in [0.2, 0.25) is 0 Å². The Morgan fingerprint density at radius 2 is 1.82 bits per heavy atom. The summed E-state index contributed by atoms with van der Waals surface area (Å²) < 4.78 is 11.0. The summed E-state index contributed by atoms with van der Waals surface area (Å²) in [4.78, 5) is 12.4. The molecule has 2 N–H and O–H groups in total. The molecule has 5 nitrogen and oxygen atoms in total. The third-order valence-corrected chi connectivity index (χ3v) is 4.36. The number of carbonyl (C=O) groups excluding carboxylic acids is 1. The Hall–Kier alpha value is -1.95. The summed E-state index contributed by atoms with van der Waals surface area (Å²) in [6.07, 6.45) is -1.20. The number of fused-ring (bicyclic) bond motifs is 2. The van der Waals surface area contributed by atoms with Crippen molar-refractivity contribution in [3.63, 3.8) is 0 Å². The Balaban J connectivity index is 1.51. The van der Waals surface area contributed by atoms with Gasteiger partial charge < -0.3 is 19.9 Å². The fraction of sp³-hybridized carbons (Fsp3) is 0.353. The van der Waals surface area contributed by atoms with Gasteiger partial charge in [0.1, 0.15) is 18.3 Å². The van der Waals surface area contributed by atoms with Gasteiger partial charge in [0.15, 0.2) is 0 Å². The van der Waals surface area contributed by atoms with Crippen LogP contribution in [0.5, 0.6) is 0 Å². The minimum Gasteiger partial charge on any atom is -0.388 e. The first-order chi connectivity index (χ1) is 10.7. The van der Waals surface area contributed by atoms with Crippen molar-refractivity contribution in [1.29, 1.82) is 0 Å². The van der Waals surface area contributed by atoms with Crippen LogP contribution in [0, 0.1) is 0 Å². The number of aliphatic hydroxyl groups is 1. The molecule has 5 heteroatoms. The van der Waals surface area contributed by atoms with Gasteiger partial charge in [-0.3, -0.25) is 4.79 Å². The first-order valence-electron chi connectivity index (χ1n) is 7.43. The molecule has 2 aromatic carbocycles. The second kappa shape index (κ2) is 5.35. The Kier molecular flexibility index (Phi) is 3.33. The fourth-order valence-corrected chi connectivity index (χ4v) is 3.19. The van der Waals surface area contributed by atoms with E-state index in [1.165, 1.54) is 0 Å². The summed E-state index contributed by atoms with van der Waals surface area (Å²) >= 11 is 0. The lowest BCUT2D eigenvalue weighted by Gasteiger charge is -2.17. The number of hydrogen-bond acceptors (Lipinski definition) is 4. The smallest absolute Gasteiger partial charge is 0.251 e. The summed E-state index contributed by atoms with van der Waals surface area (Å²) in [7, 11) is 0. The van der Waals surface area contributed by atoms with Crippen LogP contribution >= 0.6 is 0 Å². The van der Waals surface area contributed by atoms with Crippen LogP contribution in [0.1, 0.15) is 10.4 Å². The van der Waals surface area contributed by atoms with Gasteiger partial charge in [-0.25, -0.2) is 0 Å². The number of carbonyl (C=O) groups is 1. The second-order valence-corrected chi connectivity index (χ2v) is 5.81. The highest BCUT2D eigenvalue weighted by molar-refractivity contribution is 5.98. The number of amides is 1. The SMILES string of the molecule is O=C(N[C@@H]1CO[C@H]2[C@@H]1OC[C@H]2O)c1ccc2ccccc2c1. The predicted molar refractivity (Wildman–Crippen MR) is 80.7 cm³/mol. The third kappa shape index (κ3) is 2.27. The quantitative estimate of drug-likeness (QED) is 0.871. The average molecular weight is 299 g/mol. The van der Waals surface area contributed by atoms with Crippen LogP contribution in [-0.4, -0.2) is 48.6 Å². The zero-order valence-electron chi connectivity index (χ0n) is 11.9. The first-order valence-corrected chi connectivity index (χ1v) is 7.43. The molecule has 4 rings (SSSR count). The van der Waals surface area contributed by atoms with Crippen molar-refractivity contribution >= 4 is 16.7 Å². The van der Waals surface area contributed by atoms with Crippen LogP contribution in [0.2, 0.25) is 0 Å².